The largest absolute Gasteiger partial charge is 0.496 e. The van der Waals surface area contributed by atoms with Gasteiger partial charge in [0.15, 0.2) is 5.69 Å². The summed E-state index contributed by atoms with van der Waals surface area (Å²) in [7, 11) is 3.21. The Labute approximate surface area is 274 Å². The molecular formula is C32H31ClN8O6. The molecule has 0 bridgehead atoms. The lowest BCUT2D eigenvalue weighted by Gasteiger charge is -2.36. The van der Waals surface area contributed by atoms with E-state index < -0.39 is 10.8 Å². The third-order valence-corrected chi connectivity index (χ3v) is 8.63. The number of nitro groups is 1. The fraction of sp³-hybridized carbons (Fsp3) is 0.281. The molecule has 3 aromatic carbocycles. The lowest BCUT2D eigenvalue weighted by Crippen LogP contribution is -2.49. The first-order valence-electron chi connectivity index (χ1n) is 14.9. The maximum absolute atomic E-state index is 13.7. The number of anilines is 3. The topological polar surface area (TPSA) is 156 Å². The number of piperazine rings is 1. The molecule has 3 amide bonds. The minimum atomic E-state index is -0.606. The van der Waals surface area contributed by atoms with Crippen molar-refractivity contribution in [2.75, 3.05) is 55.0 Å². The van der Waals surface area contributed by atoms with Crippen molar-refractivity contribution in [3.8, 4) is 17.0 Å². The van der Waals surface area contributed by atoms with Gasteiger partial charge < -0.3 is 24.8 Å². The molecule has 0 unspecified atom stereocenters. The molecule has 1 N–H and O–H groups in total. The van der Waals surface area contributed by atoms with Gasteiger partial charge in [0.2, 0.25) is 5.91 Å². The number of aromatic nitrogens is 3. The van der Waals surface area contributed by atoms with E-state index >= 15 is 0 Å². The average molecular weight is 659 g/mol. The number of aryl methyl sites for hydroxylation is 1. The Bertz CT molecular complexity index is 1870. The molecule has 14 nitrogen and oxygen atoms in total. The van der Waals surface area contributed by atoms with Gasteiger partial charge in [-0.05, 0) is 48.9 Å². The molecule has 15 heteroatoms. The third-order valence-electron chi connectivity index (χ3n) is 8.32. The van der Waals surface area contributed by atoms with Crippen LogP contribution in [0.5, 0.6) is 5.75 Å². The predicted octanol–water partition coefficient (Wildman–Crippen LogP) is 4.39. The van der Waals surface area contributed by atoms with Crippen molar-refractivity contribution in [1.29, 1.82) is 0 Å². The number of rotatable bonds is 8. The van der Waals surface area contributed by atoms with Crippen LogP contribution in [0.2, 0.25) is 5.02 Å². The van der Waals surface area contributed by atoms with Gasteiger partial charge >= 0.3 is 0 Å². The Hall–Kier alpha value is -5.50. The molecule has 3 heterocycles. The van der Waals surface area contributed by atoms with Crippen LogP contribution < -0.4 is 19.9 Å². The van der Waals surface area contributed by atoms with Crippen LogP contribution in [-0.2, 0) is 11.8 Å². The van der Waals surface area contributed by atoms with Crippen LogP contribution in [0.4, 0.5) is 22.7 Å². The minimum Gasteiger partial charge on any atom is -0.496 e. The fourth-order valence-corrected chi connectivity index (χ4v) is 6.15. The van der Waals surface area contributed by atoms with Crippen molar-refractivity contribution < 1.29 is 24.0 Å². The molecule has 0 saturated carbocycles. The number of ether oxygens (including phenoxy) is 1. The second-order valence-corrected chi connectivity index (χ2v) is 11.5. The van der Waals surface area contributed by atoms with Crippen LogP contribution in [0, 0.1) is 10.1 Å². The number of carbonyl (C=O) groups excluding carboxylic acids is 3. The Morgan fingerprint density at radius 1 is 1.02 bits per heavy atom. The lowest BCUT2D eigenvalue weighted by atomic mass is 10.1. The molecule has 1 aromatic heterocycles. The number of carbonyl (C=O) groups is 3. The minimum absolute atomic E-state index is 0.0147. The van der Waals surface area contributed by atoms with Crippen molar-refractivity contribution in [3.63, 3.8) is 0 Å². The number of para-hydroxylation sites is 1. The highest BCUT2D eigenvalue weighted by atomic mass is 35.5. The summed E-state index contributed by atoms with van der Waals surface area (Å²) in [6, 6.07) is 16.5. The average Bonchev–Trinajstić information content (AvgIpc) is 3.69. The van der Waals surface area contributed by atoms with Crippen LogP contribution in [0.25, 0.3) is 11.3 Å². The first-order valence-corrected chi connectivity index (χ1v) is 15.3. The summed E-state index contributed by atoms with van der Waals surface area (Å²) < 4.78 is 6.91. The van der Waals surface area contributed by atoms with E-state index in [0.29, 0.717) is 73.2 Å². The number of amides is 3. The zero-order chi connectivity index (χ0) is 33.2. The molecule has 0 spiro atoms. The van der Waals surface area contributed by atoms with Crippen LogP contribution >= 0.6 is 11.6 Å². The Morgan fingerprint density at radius 2 is 1.74 bits per heavy atom. The normalized spacial score (nSPS) is 14.8. The first-order chi connectivity index (χ1) is 22.7. The van der Waals surface area contributed by atoms with Gasteiger partial charge in [-0.25, -0.2) is 4.68 Å². The summed E-state index contributed by atoms with van der Waals surface area (Å²) in [6.07, 6.45) is 1.27. The van der Waals surface area contributed by atoms with Gasteiger partial charge in [-0.2, -0.15) is 0 Å². The molecule has 47 heavy (non-hydrogen) atoms. The quantitative estimate of drug-likeness (QED) is 0.214. The predicted molar refractivity (Wildman–Crippen MR) is 175 cm³/mol. The third kappa shape index (κ3) is 6.19. The monoisotopic (exact) mass is 658 g/mol. The Balaban J connectivity index is 1.18. The van der Waals surface area contributed by atoms with E-state index in [1.54, 1.807) is 54.3 Å². The summed E-state index contributed by atoms with van der Waals surface area (Å²) in [5.41, 5.74) is 2.46. The molecule has 0 radical (unpaired) electrons. The SMILES string of the molecule is COc1ccccc1-c1nnn(C)c1C(=O)N1CCN(c2cc(NC(=O)c3ccc(N4CCCC4=O)cc3)c([N+](=O)[O-])cc2Cl)CC1. The first kappa shape index (κ1) is 31.5. The van der Waals surface area contributed by atoms with Crippen molar-refractivity contribution in [1.82, 2.24) is 19.9 Å². The number of benzene rings is 3. The van der Waals surface area contributed by atoms with Crippen molar-refractivity contribution in [2.24, 2.45) is 7.05 Å². The molecular weight excluding hydrogens is 628 g/mol. The molecule has 242 valence electrons. The number of nitro benzene ring substituents is 1. The van der Waals surface area contributed by atoms with Crippen LogP contribution in [0.3, 0.4) is 0 Å². The van der Waals surface area contributed by atoms with E-state index in [1.165, 1.54) is 16.8 Å². The molecule has 0 atom stereocenters. The number of methoxy groups -OCH3 is 1. The zero-order valence-corrected chi connectivity index (χ0v) is 26.4. The van der Waals surface area contributed by atoms with Gasteiger partial charge in [-0.15, -0.1) is 5.10 Å². The zero-order valence-electron chi connectivity index (χ0n) is 25.7. The molecule has 4 aromatic rings. The lowest BCUT2D eigenvalue weighted by molar-refractivity contribution is -0.383. The number of hydrogen-bond acceptors (Lipinski definition) is 9. The van der Waals surface area contributed by atoms with E-state index in [1.807, 2.05) is 23.1 Å². The molecule has 2 aliphatic rings. The molecule has 2 aliphatic heterocycles. The Morgan fingerprint density at radius 3 is 2.40 bits per heavy atom. The van der Waals surface area contributed by atoms with E-state index in [0.717, 1.165) is 6.42 Å². The highest BCUT2D eigenvalue weighted by Gasteiger charge is 2.31. The summed E-state index contributed by atoms with van der Waals surface area (Å²) in [6.45, 7) is 2.04. The number of halogens is 1. The highest BCUT2D eigenvalue weighted by molar-refractivity contribution is 6.33. The maximum Gasteiger partial charge on any atom is 0.294 e. The highest BCUT2D eigenvalue weighted by Crippen LogP contribution is 2.38. The molecule has 2 fully saturated rings. The second-order valence-electron chi connectivity index (χ2n) is 11.1. The molecule has 0 aliphatic carbocycles. The summed E-state index contributed by atoms with van der Waals surface area (Å²) in [5, 5.41) is 23.0. The molecule has 2 saturated heterocycles. The van der Waals surface area contributed by atoms with Crippen molar-refractivity contribution >= 4 is 52.1 Å². The Kier molecular flexibility index (Phi) is 8.76. The summed E-state index contributed by atoms with van der Waals surface area (Å²) in [4.78, 5) is 55.5. The van der Waals surface area contributed by atoms with Crippen molar-refractivity contribution in [2.45, 2.75) is 12.8 Å². The van der Waals surface area contributed by atoms with E-state index in [9.17, 15) is 24.5 Å². The van der Waals surface area contributed by atoms with E-state index in [4.69, 9.17) is 16.3 Å². The van der Waals surface area contributed by atoms with Gasteiger partial charge in [-0.1, -0.05) is 28.9 Å². The van der Waals surface area contributed by atoms with E-state index in [-0.39, 0.29) is 33.8 Å². The van der Waals surface area contributed by atoms with E-state index in [2.05, 4.69) is 15.6 Å². The van der Waals surface area contributed by atoms with Gasteiger partial charge in [0, 0.05) is 69.1 Å². The fourth-order valence-electron chi connectivity index (χ4n) is 5.87. The van der Waals surface area contributed by atoms with Crippen molar-refractivity contribution in [3.05, 3.63) is 87.1 Å². The summed E-state index contributed by atoms with van der Waals surface area (Å²) in [5.74, 6) is -0.200. The maximum atomic E-state index is 13.7. The number of nitrogens with zero attached hydrogens (tertiary/aromatic N) is 7. The molecule has 6 rings (SSSR count). The number of nitrogens with one attached hydrogen (secondary N) is 1. The smallest absolute Gasteiger partial charge is 0.294 e. The van der Waals surface area contributed by atoms with Gasteiger partial charge in [0.05, 0.1) is 22.7 Å². The number of hydrogen-bond donors (Lipinski definition) is 1. The standard InChI is InChI=1S/C32H31ClN8O6/c1-37-30(29(35-36-37)22-6-3-4-7-27(22)47-2)32(44)39-16-14-38(15-17-39)25-19-24(26(41(45)46)18-23(25)33)34-31(43)20-9-11-21(12-10-20)40-13-5-8-28(40)42/h3-4,6-7,9-12,18-19H,5,8,13-17H2,1-2H3,(H,34,43). The second kappa shape index (κ2) is 13.1. The van der Waals surface area contributed by atoms with Crippen LogP contribution in [0.1, 0.15) is 33.7 Å². The summed E-state index contributed by atoms with van der Waals surface area (Å²) >= 11 is 6.54. The van der Waals surface area contributed by atoms with Gasteiger partial charge in [-0.3, -0.25) is 24.5 Å². The van der Waals surface area contributed by atoms with Gasteiger partial charge in [0.1, 0.15) is 17.1 Å². The van der Waals surface area contributed by atoms with Crippen LogP contribution in [-0.4, -0.2) is 82.4 Å². The van der Waals surface area contributed by atoms with Gasteiger partial charge in [0.25, 0.3) is 17.5 Å². The van der Waals surface area contributed by atoms with Crippen LogP contribution in [0.15, 0.2) is 60.7 Å².